The second-order valence-electron chi connectivity index (χ2n) is 9.13. The molecule has 0 N–H and O–H groups in total. The number of pyridine rings is 1. The first-order chi connectivity index (χ1) is 15.5. The molecule has 4 rings (SSSR count). The Balaban J connectivity index is 1.38. The summed E-state index contributed by atoms with van der Waals surface area (Å²) in [6, 6.07) is 20.6. The number of hydrogen-bond acceptors (Lipinski definition) is 3. The van der Waals surface area contributed by atoms with E-state index in [1.807, 2.05) is 35.2 Å². The lowest BCUT2D eigenvalue weighted by Gasteiger charge is -2.48. The standard InChI is InChI=1S/C28H32N2O2/c1-4-5-9-22-14-15-29-25(17-22)27(31)30-19-28(3,20-30)24-12-13-26(21(2)16-24)32-18-23-10-7-6-8-11-23/h6-8,10-17H,4-5,9,18-20H2,1-3H3. The van der Waals surface area contributed by atoms with E-state index < -0.39 is 0 Å². The number of hydrogen-bond donors (Lipinski definition) is 0. The molecule has 2 heterocycles. The van der Waals surface area contributed by atoms with E-state index in [0.717, 1.165) is 36.1 Å². The van der Waals surface area contributed by atoms with Gasteiger partial charge in [0.2, 0.25) is 0 Å². The quantitative estimate of drug-likeness (QED) is 0.460. The highest BCUT2D eigenvalue weighted by atomic mass is 16.5. The van der Waals surface area contributed by atoms with Crippen molar-refractivity contribution in [3.8, 4) is 5.75 Å². The molecule has 0 atom stereocenters. The van der Waals surface area contributed by atoms with E-state index in [0.29, 0.717) is 25.4 Å². The van der Waals surface area contributed by atoms with Crippen LogP contribution in [0.4, 0.5) is 0 Å². The smallest absolute Gasteiger partial charge is 0.272 e. The van der Waals surface area contributed by atoms with Gasteiger partial charge in [-0.2, -0.15) is 0 Å². The first-order valence-corrected chi connectivity index (χ1v) is 11.5. The molecular weight excluding hydrogens is 396 g/mol. The Morgan fingerprint density at radius 2 is 1.84 bits per heavy atom. The maximum absolute atomic E-state index is 13.0. The van der Waals surface area contributed by atoms with E-state index in [4.69, 9.17) is 4.74 Å². The third kappa shape index (κ3) is 4.85. The molecule has 1 saturated heterocycles. The topological polar surface area (TPSA) is 42.4 Å². The normalized spacial score (nSPS) is 14.7. The van der Waals surface area contributed by atoms with Gasteiger partial charge in [-0.1, -0.05) is 62.7 Å². The Labute approximate surface area is 191 Å². The predicted molar refractivity (Wildman–Crippen MR) is 128 cm³/mol. The second-order valence-corrected chi connectivity index (χ2v) is 9.13. The van der Waals surface area contributed by atoms with Crippen molar-refractivity contribution in [2.24, 2.45) is 0 Å². The van der Waals surface area contributed by atoms with E-state index in [2.05, 4.69) is 56.1 Å². The third-order valence-corrected chi connectivity index (χ3v) is 6.34. The van der Waals surface area contributed by atoms with Gasteiger partial charge in [-0.15, -0.1) is 0 Å². The molecule has 4 nitrogen and oxygen atoms in total. The number of likely N-dealkylation sites (tertiary alicyclic amines) is 1. The molecule has 0 spiro atoms. The summed E-state index contributed by atoms with van der Waals surface area (Å²) < 4.78 is 6.03. The Morgan fingerprint density at radius 3 is 2.56 bits per heavy atom. The number of ether oxygens (including phenoxy) is 1. The fourth-order valence-corrected chi connectivity index (χ4v) is 4.33. The van der Waals surface area contributed by atoms with Gasteiger partial charge in [-0.05, 0) is 60.2 Å². The summed E-state index contributed by atoms with van der Waals surface area (Å²) in [5.74, 6) is 0.932. The van der Waals surface area contributed by atoms with Crippen LogP contribution in [0.3, 0.4) is 0 Å². The predicted octanol–water partition coefficient (Wildman–Crippen LogP) is 5.73. The van der Waals surface area contributed by atoms with Gasteiger partial charge in [0.25, 0.3) is 5.91 Å². The van der Waals surface area contributed by atoms with Crippen LogP contribution in [0.1, 0.15) is 59.4 Å². The third-order valence-electron chi connectivity index (χ3n) is 6.34. The number of aryl methyl sites for hydroxylation is 2. The van der Waals surface area contributed by atoms with Gasteiger partial charge in [-0.25, -0.2) is 0 Å². The number of nitrogens with zero attached hydrogens (tertiary/aromatic N) is 2. The molecule has 0 aliphatic carbocycles. The molecule has 0 unspecified atom stereocenters. The molecule has 0 bridgehead atoms. The van der Waals surface area contributed by atoms with Gasteiger partial charge in [0.15, 0.2) is 0 Å². The Bertz CT molecular complexity index is 1070. The van der Waals surface area contributed by atoms with Gasteiger partial charge in [0.05, 0.1) is 0 Å². The van der Waals surface area contributed by atoms with E-state index >= 15 is 0 Å². The highest BCUT2D eigenvalue weighted by Crippen LogP contribution is 2.37. The van der Waals surface area contributed by atoms with Crippen LogP contribution in [0.25, 0.3) is 0 Å². The van der Waals surface area contributed by atoms with Crippen LogP contribution in [0, 0.1) is 6.92 Å². The number of amides is 1. The number of benzene rings is 2. The van der Waals surface area contributed by atoms with Crippen LogP contribution in [0.2, 0.25) is 0 Å². The van der Waals surface area contributed by atoms with Crippen LogP contribution >= 0.6 is 0 Å². The molecule has 3 aromatic rings. The second kappa shape index (κ2) is 9.56. The fraction of sp³-hybridized carbons (Fsp3) is 0.357. The molecule has 1 amide bonds. The molecule has 166 valence electrons. The van der Waals surface area contributed by atoms with Gasteiger partial charge in [-0.3, -0.25) is 9.78 Å². The average molecular weight is 429 g/mol. The summed E-state index contributed by atoms with van der Waals surface area (Å²) in [5, 5.41) is 0. The minimum Gasteiger partial charge on any atom is -0.489 e. The first-order valence-electron chi connectivity index (χ1n) is 11.5. The zero-order valence-corrected chi connectivity index (χ0v) is 19.3. The summed E-state index contributed by atoms with van der Waals surface area (Å²) in [6.45, 7) is 8.46. The van der Waals surface area contributed by atoms with Crippen LogP contribution in [0.15, 0.2) is 66.9 Å². The summed E-state index contributed by atoms with van der Waals surface area (Å²) in [7, 11) is 0. The monoisotopic (exact) mass is 428 g/mol. The largest absolute Gasteiger partial charge is 0.489 e. The number of rotatable bonds is 8. The number of carbonyl (C=O) groups is 1. The van der Waals surface area contributed by atoms with Gasteiger partial charge >= 0.3 is 0 Å². The molecule has 4 heteroatoms. The number of carbonyl (C=O) groups excluding carboxylic acids is 1. The van der Waals surface area contributed by atoms with Crippen molar-refractivity contribution >= 4 is 5.91 Å². The van der Waals surface area contributed by atoms with Crippen molar-refractivity contribution in [2.45, 2.75) is 52.1 Å². The summed E-state index contributed by atoms with van der Waals surface area (Å²) >= 11 is 0. The minimum absolute atomic E-state index is 0.0281. The number of unbranched alkanes of at least 4 members (excludes halogenated alkanes) is 1. The molecule has 0 radical (unpaired) electrons. The molecule has 2 aromatic carbocycles. The molecule has 1 aromatic heterocycles. The van der Waals surface area contributed by atoms with Crippen molar-refractivity contribution in [1.29, 1.82) is 0 Å². The van der Waals surface area contributed by atoms with Crippen LogP contribution in [-0.2, 0) is 18.4 Å². The van der Waals surface area contributed by atoms with Crippen molar-refractivity contribution < 1.29 is 9.53 Å². The maximum Gasteiger partial charge on any atom is 0.272 e. The van der Waals surface area contributed by atoms with Gasteiger partial charge in [0.1, 0.15) is 18.1 Å². The molecule has 0 saturated carbocycles. The molecule has 1 fully saturated rings. The van der Waals surface area contributed by atoms with Crippen LogP contribution in [-0.4, -0.2) is 28.9 Å². The summed E-state index contributed by atoms with van der Waals surface area (Å²) in [4.78, 5) is 19.2. The fourth-order valence-electron chi connectivity index (χ4n) is 4.33. The van der Waals surface area contributed by atoms with E-state index in [-0.39, 0.29) is 11.3 Å². The zero-order chi connectivity index (χ0) is 22.6. The van der Waals surface area contributed by atoms with E-state index in [1.54, 1.807) is 6.20 Å². The molecular formula is C28H32N2O2. The van der Waals surface area contributed by atoms with Crippen molar-refractivity contribution in [1.82, 2.24) is 9.88 Å². The molecule has 32 heavy (non-hydrogen) atoms. The van der Waals surface area contributed by atoms with Crippen molar-refractivity contribution in [3.05, 3.63) is 94.8 Å². The SMILES string of the molecule is CCCCc1ccnc(C(=O)N2CC(C)(c3ccc(OCc4ccccc4)c(C)c3)C2)c1. The van der Waals surface area contributed by atoms with Crippen LogP contribution in [0.5, 0.6) is 5.75 Å². The Morgan fingerprint density at radius 1 is 1.06 bits per heavy atom. The molecule has 1 aliphatic heterocycles. The lowest BCUT2D eigenvalue weighted by Crippen LogP contribution is -2.59. The average Bonchev–Trinajstić information content (AvgIpc) is 2.80. The lowest BCUT2D eigenvalue weighted by molar-refractivity contribution is 0.0427. The Kier molecular flexibility index (Phi) is 6.59. The van der Waals surface area contributed by atoms with E-state index in [9.17, 15) is 4.79 Å². The molecule has 1 aliphatic rings. The maximum atomic E-state index is 13.0. The Hall–Kier alpha value is -3.14. The number of aromatic nitrogens is 1. The highest BCUT2D eigenvalue weighted by Gasteiger charge is 2.43. The van der Waals surface area contributed by atoms with Crippen molar-refractivity contribution in [2.75, 3.05) is 13.1 Å². The van der Waals surface area contributed by atoms with Crippen molar-refractivity contribution in [3.63, 3.8) is 0 Å². The highest BCUT2D eigenvalue weighted by molar-refractivity contribution is 5.93. The van der Waals surface area contributed by atoms with Gasteiger partial charge in [0, 0.05) is 24.7 Å². The summed E-state index contributed by atoms with van der Waals surface area (Å²) in [6.07, 6.45) is 5.03. The van der Waals surface area contributed by atoms with Gasteiger partial charge < -0.3 is 9.64 Å². The lowest BCUT2D eigenvalue weighted by atomic mass is 9.75. The van der Waals surface area contributed by atoms with E-state index in [1.165, 1.54) is 11.1 Å². The first kappa shape index (κ1) is 22.1. The van der Waals surface area contributed by atoms with Crippen LogP contribution < -0.4 is 4.74 Å². The summed E-state index contributed by atoms with van der Waals surface area (Å²) in [5.41, 5.74) is 5.23. The zero-order valence-electron chi connectivity index (χ0n) is 19.3. The minimum atomic E-state index is -0.0435.